The van der Waals surface area contributed by atoms with Crippen LogP contribution in [0.25, 0.3) is 0 Å². The zero-order valence-corrected chi connectivity index (χ0v) is 11.1. The van der Waals surface area contributed by atoms with Gasteiger partial charge in [-0.3, -0.25) is 0 Å². The van der Waals surface area contributed by atoms with Crippen molar-refractivity contribution in [3.8, 4) is 0 Å². The second-order valence-electron chi connectivity index (χ2n) is 4.72. The van der Waals surface area contributed by atoms with E-state index in [2.05, 4.69) is 0 Å². The van der Waals surface area contributed by atoms with E-state index < -0.39 is 17.2 Å². The molecule has 2 rings (SSSR count). The van der Waals surface area contributed by atoms with Crippen molar-refractivity contribution < 1.29 is 18.6 Å². The lowest BCUT2D eigenvalue weighted by molar-refractivity contribution is -0.0361. The molecule has 0 aliphatic rings. The predicted molar refractivity (Wildman–Crippen MR) is 72.3 cm³/mol. The SMILES string of the molecule is COCC(O)(Cc1cccc(F)c1F)c1ccccc1. The van der Waals surface area contributed by atoms with Gasteiger partial charge in [-0.25, -0.2) is 8.78 Å². The van der Waals surface area contributed by atoms with Gasteiger partial charge in [-0.2, -0.15) is 0 Å². The Morgan fingerprint density at radius 1 is 1.05 bits per heavy atom. The van der Waals surface area contributed by atoms with Crippen LogP contribution >= 0.6 is 0 Å². The van der Waals surface area contributed by atoms with E-state index in [1.54, 1.807) is 24.3 Å². The highest BCUT2D eigenvalue weighted by Gasteiger charge is 2.31. The predicted octanol–water partition coefficient (Wildman–Crippen LogP) is 3.04. The normalized spacial score (nSPS) is 14.0. The van der Waals surface area contributed by atoms with Crippen molar-refractivity contribution in [2.45, 2.75) is 12.0 Å². The van der Waals surface area contributed by atoms with Crippen LogP contribution in [0.4, 0.5) is 8.78 Å². The molecular formula is C16H16F2O2. The summed E-state index contributed by atoms with van der Waals surface area (Å²) >= 11 is 0. The van der Waals surface area contributed by atoms with E-state index in [0.717, 1.165) is 6.07 Å². The quantitative estimate of drug-likeness (QED) is 0.911. The van der Waals surface area contributed by atoms with Crippen LogP contribution < -0.4 is 0 Å². The molecule has 2 aromatic rings. The van der Waals surface area contributed by atoms with Crippen LogP contribution in [0.1, 0.15) is 11.1 Å². The topological polar surface area (TPSA) is 29.5 Å². The van der Waals surface area contributed by atoms with Crippen molar-refractivity contribution >= 4 is 0 Å². The molecule has 0 aliphatic carbocycles. The molecule has 1 atom stereocenters. The summed E-state index contributed by atoms with van der Waals surface area (Å²) in [5.74, 6) is -1.85. The number of hydrogen-bond acceptors (Lipinski definition) is 2. The van der Waals surface area contributed by atoms with E-state index in [9.17, 15) is 13.9 Å². The maximum atomic E-state index is 13.8. The summed E-state index contributed by atoms with van der Waals surface area (Å²) in [5.41, 5.74) is -0.677. The van der Waals surface area contributed by atoms with Gasteiger partial charge in [0.25, 0.3) is 0 Å². The molecule has 2 aromatic carbocycles. The Kier molecular flexibility index (Phi) is 4.47. The number of benzene rings is 2. The summed E-state index contributed by atoms with van der Waals surface area (Å²) in [7, 11) is 1.45. The molecule has 4 heteroatoms. The Hall–Kier alpha value is -1.78. The lowest BCUT2D eigenvalue weighted by Gasteiger charge is -2.28. The van der Waals surface area contributed by atoms with Crippen LogP contribution in [-0.2, 0) is 16.8 Å². The molecule has 0 spiro atoms. The van der Waals surface area contributed by atoms with Gasteiger partial charge >= 0.3 is 0 Å². The van der Waals surface area contributed by atoms with Gasteiger partial charge in [-0.05, 0) is 17.2 Å². The van der Waals surface area contributed by atoms with Crippen LogP contribution in [0.2, 0.25) is 0 Å². The van der Waals surface area contributed by atoms with Crippen LogP contribution in [-0.4, -0.2) is 18.8 Å². The average molecular weight is 278 g/mol. The van der Waals surface area contributed by atoms with Gasteiger partial charge in [0.05, 0.1) is 6.61 Å². The highest BCUT2D eigenvalue weighted by Crippen LogP contribution is 2.27. The van der Waals surface area contributed by atoms with Crippen molar-refractivity contribution in [1.82, 2.24) is 0 Å². The molecule has 1 N–H and O–H groups in total. The van der Waals surface area contributed by atoms with Gasteiger partial charge in [0.1, 0.15) is 5.60 Å². The molecule has 0 aromatic heterocycles. The number of rotatable bonds is 5. The summed E-state index contributed by atoms with van der Waals surface area (Å²) in [5, 5.41) is 10.7. The Bertz CT molecular complexity index is 572. The molecule has 0 saturated heterocycles. The fourth-order valence-electron chi connectivity index (χ4n) is 2.22. The standard InChI is InChI=1S/C16H16F2O2/c1-20-11-16(19,13-7-3-2-4-8-13)10-12-6-5-9-14(17)15(12)18/h2-9,19H,10-11H2,1H3. The number of halogens is 2. The lowest BCUT2D eigenvalue weighted by Crippen LogP contribution is -2.34. The van der Waals surface area contributed by atoms with Crippen LogP contribution in [0.3, 0.4) is 0 Å². The molecule has 0 radical (unpaired) electrons. The fourth-order valence-corrected chi connectivity index (χ4v) is 2.22. The molecule has 0 amide bonds. The first-order valence-corrected chi connectivity index (χ1v) is 6.26. The second kappa shape index (κ2) is 6.11. The van der Waals surface area contributed by atoms with Crippen LogP contribution in [0.15, 0.2) is 48.5 Å². The molecular weight excluding hydrogens is 262 g/mol. The number of hydrogen-bond donors (Lipinski definition) is 1. The number of methoxy groups -OCH3 is 1. The molecule has 2 nitrogen and oxygen atoms in total. The zero-order chi connectivity index (χ0) is 14.6. The van der Waals surface area contributed by atoms with Gasteiger partial charge in [0, 0.05) is 13.5 Å². The molecule has 0 saturated carbocycles. The summed E-state index contributed by atoms with van der Waals surface area (Å²) in [4.78, 5) is 0. The largest absolute Gasteiger partial charge is 0.382 e. The molecule has 106 valence electrons. The van der Waals surface area contributed by atoms with Gasteiger partial charge < -0.3 is 9.84 Å². The first-order valence-electron chi connectivity index (χ1n) is 6.26. The molecule has 0 fully saturated rings. The van der Waals surface area contributed by atoms with Gasteiger partial charge in [-0.15, -0.1) is 0 Å². The summed E-state index contributed by atoms with van der Waals surface area (Å²) < 4.78 is 32.1. The minimum Gasteiger partial charge on any atom is -0.382 e. The maximum Gasteiger partial charge on any atom is 0.162 e. The summed E-state index contributed by atoms with van der Waals surface area (Å²) in [6.07, 6.45) is -0.0611. The van der Waals surface area contributed by atoms with Gasteiger partial charge in [-0.1, -0.05) is 42.5 Å². The lowest BCUT2D eigenvalue weighted by atomic mass is 9.87. The Morgan fingerprint density at radius 3 is 2.40 bits per heavy atom. The molecule has 0 aliphatic heterocycles. The minimum absolute atomic E-state index is 0.00698. The first-order chi connectivity index (χ1) is 9.57. The van der Waals surface area contributed by atoms with E-state index in [-0.39, 0.29) is 18.6 Å². The first kappa shape index (κ1) is 14.6. The second-order valence-corrected chi connectivity index (χ2v) is 4.72. The van der Waals surface area contributed by atoms with E-state index >= 15 is 0 Å². The number of aliphatic hydroxyl groups is 1. The zero-order valence-electron chi connectivity index (χ0n) is 11.1. The van der Waals surface area contributed by atoms with Crippen molar-refractivity contribution in [2.24, 2.45) is 0 Å². The third-order valence-corrected chi connectivity index (χ3v) is 3.21. The van der Waals surface area contributed by atoms with Crippen molar-refractivity contribution in [3.05, 3.63) is 71.3 Å². The molecule has 1 unspecified atom stereocenters. The maximum absolute atomic E-state index is 13.8. The van der Waals surface area contributed by atoms with E-state index in [4.69, 9.17) is 4.74 Å². The van der Waals surface area contributed by atoms with E-state index in [0.29, 0.717) is 5.56 Å². The highest BCUT2D eigenvalue weighted by atomic mass is 19.2. The smallest absolute Gasteiger partial charge is 0.162 e. The average Bonchev–Trinajstić information content (AvgIpc) is 2.45. The summed E-state index contributed by atoms with van der Waals surface area (Å²) in [6, 6.07) is 12.8. The fraction of sp³-hybridized carbons (Fsp3) is 0.250. The summed E-state index contributed by atoms with van der Waals surface area (Å²) in [6.45, 7) is -0.00698. The Balaban J connectivity index is 2.37. The minimum atomic E-state index is -1.40. The molecule has 0 heterocycles. The van der Waals surface area contributed by atoms with Crippen molar-refractivity contribution in [3.63, 3.8) is 0 Å². The Labute approximate surface area is 116 Å². The van der Waals surface area contributed by atoms with Crippen LogP contribution in [0.5, 0.6) is 0 Å². The molecule has 0 bridgehead atoms. The monoisotopic (exact) mass is 278 g/mol. The Morgan fingerprint density at radius 2 is 1.75 bits per heavy atom. The van der Waals surface area contributed by atoms with Crippen molar-refractivity contribution in [2.75, 3.05) is 13.7 Å². The molecule has 20 heavy (non-hydrogen) atoms. The third kappa shape index (κ3) is 3.03. The third-order valence-electron chi connectivity index (χ3n) is 3.21. The van der Waals surface area contributed by atoms with Gasteiger partial charge in [0.15, 0.2) is 11.6 Å². The van der Waals surface area contributed by atoms with E-state index in [1.807, 2.05) is 6.07 Å². The number of ether oxygens (including phenoxy) is 1. The highest BCUT2D eigenvalue weighted by molar-refractivity contribution is 5.28. The van der Waals surface area contributed by atoms with Crippen molar-refractivity contribution in [1.29, 1.82) is 0 Å². The van der Waals surface area contributed by atoms with Gasteiger partial charge in [0.2, 0.25) is 0 Å². The van der Waals surface area contributed by atoms with E-state index in [1.165, 1.54) is 19.2 Å². The van der Waals surface area contributed by atoms with Crippen LogP contribution in [0, 0.1) is 11.6 Å².